The Morgan fingerprint density at radius 1 is 1.25 bits per heavy atom. The molecule has 0 N–H and O–H groups in total. The SMILES string of the molecule is CCC(C)OC1CC(Cl)C12CCCCCC2. The van der Waals surface area contributed by atoms with Crippen LogP contribution in [0.25, 0.3) is 0 Å². The lowest BCUT2D eigenvalue weighted by Crippen LogP contribution is -2.56. The quantitative estimate of drug-likeness (QED) is 0.664. The summed E-state index contributed by atoms with van der Waals surface area (Å²) in [6, 6.07) is 0. The van der Waals surface area contributed by atoms with Gasteiger partial charge in [-0.05, 0) is 32.6 Å². The molecule has 2 saturated carbocycles. The number of hydrogen-bond acceptors (Lipinski definition) is 1. The summed E-state index contributed by atoms with van der Waals surface area (Å²) in [5.74, 6) is 0. The van der Waals surface area contributed by atoms with E-state index in [-0.39, 0.29) is 0 Å². The minimum absolute atomic E-state index is 0.335. The lowest BCUT2D eigenvalue weighted by Gasteiger charge is -2.54. The molecule has 2 rings (SSSR count). The maximum Gasteiger partial charge on any atom is 0.0663 e. The summed E-state index contributed by atoms with van der Waals surface area (Å²) in [7, 11) is 0. The molecule has 0 aromatic heterocycles. The number of ether oxygens (including phenoxy) is 1. The maximum atomic E-state index is 6.50. The first-order chi connectivity index (χ1) is 7.69. The van der Waals surface area contributed by atoms with Crippen molar-refractivity contribution in [3.63, 3.8) is 0 Å². The molecule has 2 heteroatoms. The zero-order chi connectivity index (χ0) is 11.6. The fourth-order valence-corrected chi connectivity index (χ4v) is 3.81. The number of rotatable bonds is 3. The van der Waals surface area contributed by atoms with Crippen molar-refractivity contribution in [2.45, 2.75) is 82.8 Å². The van der Waals surface area contributed by atoms with Crippen LogP contribution in [0.15, 0.2) is 0 Å². The Morgan fingerprint density at radius 2 is 1.88 bits per heavy atom. The molecule has 3 atom stereocenters. The zero-order valence-electron chi connectivity index (χ0n) is 10.7. The summed E-state index contributed by atoms with van der Waals surface area (Å²) in [6.45, 7) is 4.38. The molecule has 94 valence electrons. The second-order valence-electron chi connectivity index (χ2n) is 5.69. The van der Waals surface area contributed by atoms with Gasteiger partial charge in [0.15, 0.2) is 0 Å². The Bertz CT molecular complexity index is 221. The van der Waals surface area contributed by atoms with Gasteiger partial charge in [-0.3, -0.25) is 0 Å². The van der Waals surface area contributed by atoms with Crippen LogP contribution in [0.3, 0.4) is 0 Å². The molecule has 1 spiro atoms. The van der Waals surface area contributed by atoms with Crippen molar-refractivity contribution >= 4 is 11.6 Å². The molecule has 0 heterocycles. The van der Waals surface area contributed by atoms with Crippen LogP contribution in [0, 0.1) is 5.41 Å². The highest BCUT2D eigenvalue weighted by Crippen LogP contribution is 2.55. The molecule has 1 nitrogen and oxygen atoms in total. The van der Waals surface area contributed by atoms with Gasteiger partial charge in [0.25, 0.3) is 0 Å². The van der Waals surface area contributed by atoms with Crippen molar-refractivity contribution in [2.24, 2.45) is 5.41 Å². The Balaban J connectivity index is 1.98. The third kappa shape index (κ3) is 2.26. The normalized spacial score (nSPS) is 35.4. The first-order valence-electron chi connectivity index (χ1n) is 6.98. The minimum atomic E-state index is 0.335. The van der Waals surface area contributed by atoms with E-state index in [1.807, 2.05) is 0 Å². The van der Waals surface area contributed by atoms with Gasteiger partial charge in [-0.25, -0.2) is 0 Å². The second kappa shape index (κ2) is 5.27. The number of halogens is 1. The fraction of sp³-hybridized carbons (Fsp3) is 1.00. The van der Waals surface area contributed by atoms with Gasteiger partial charge in [0, 0.05) is 10.8 Å². The lowest BCUT2D eigenvalue weighted by molar-refractivity contribution is -0.141. The van der Waals surface area contributed by atoms with E-state index in [2.05, 4.69) is 13.8 Å². The summed E-state index contributed by atoms with van der Waals surface area (Å²) in [4.78, 5) is 0. The molecule has 0 radical (unpaired) electrons. The van der Waals surface area contributed by atoms with Crippen LogP contribution >= 0.6 is 11.6 Å². The Hall–Kier alpha value is 0.250. The highest BCUT2D eigenvalue weighted by Gasteiger charge is 2.54. The molecule has 0 amide bonds. The zero-order valence-corrected chi connectivity index (χ0v) is 11.4. The summed E-state index contributed by atoms with van der Waals surface area (Å²) in [5, 5.41) is 0.375. The number of hydrogen-bond donors (Lipinski definition) is 0. The van der Waals surface area contributed by atoms with Gasteiger partial charge in [0.05, 0.1) is 12.2 Å². The first-order valence-corrected chi connectivity index (χ1v) is 7.42. The average Bonchev–Trinajstić information content (AvgIpc) is 2.55. The molecular weight excluding hydrogens is 220 g/mol. The van der Waals surface area contributed by atoms with Crippen molar-refractivity contribution in [1.82, 2.24) is 0 Å². The van der Waals surface area contributed by atoms with Gasteiger partial charge < -0.3 is 4.74 Å². The summed E-state index contributed by atoms with van der Waals surface area (Å²) < 4.78 is 6.17. The number of alkyl halides is 1. The van der Waals surface area contributed by atoms with Crippen molar-refractivity contribution in [3.05, 3.63) is 0 Å². The minimum Gasteiger partial charge on any atom is -0.375 e. The van der Waals surface area contributed by atoms with E-state index in [0.717, 1.165) is 12.8 Å². The van der Waals surface area contributed by atoms with Crippen molar-refractivity contribution in [2.75, 3.05) is 0 Å². The van der Waals surface area contributed by atoms with Crippen LogP contribution in [0.2, 0.25) is 0 Å². The Kier molecular flexibility index (Phi) is 4.18. The Morgan fingerprint density at radius 3 is 2.38 bits per heavy atom. The molecule has 2 fully saturated rings. The maximum absolute atomic E-state index is 6.50. The lowest BCUT2D eigenvalue weighted by atomic mass is 9.61. The van der Waals surface area contributed by atoms with Crippen LogP contribution in [-0.2, 0) is 4.74 Å². The third-order valence-electron chi connectivity index (χ3n) is 4.69. The molecule has 16 heavy (non-hydrogen) atoms. The molecule has 0 aromatic rings. The van der Waals surface area contributed by atoms with Crippen LogP contribution in [-0.4, -0.2) is 17.6 Å². The molecule has 0 saturated heterocycles. The van der Waals surface area contributed by atoms with Crippen molar-refractivity contribution in [3.8, 4) is 0 Å². The standard InChI is InChI=1S/C14H25ClO/c1-3-11(2)16-13-10-12(15)14(13)8-6-4-5-7-9-14/h11-13H,3-10H2,1-2H3. The van der Waals surface area contributed by atoms with Crippen molar-refractivity contribution < 1.29 is 4.74 Å². The molecule has 0 aromatic carbocycles. The Labute approximate surface area is 105 Å². The molecule has 2 aliphatic rings. The first kappa shape index (κ1) is 12.7. The van der Waals surface area contributed by atoms with Gasteiger partial charge in [-0.2, -0.15) is 0 Å². The molecule has 0 aliphatic heterocycles. The van der Waals surface area contributed by atoms with Crippen LogP contribution in [0.4, 0.5) is 0 Å². The van der Waals surface area contributed by atoms with E-state index >= 15 is 0 Å². The summed E-state index contributed by atoms with van der Waals surface area (Å²) in [6.07, 6.45) is 11.1. The van der Waals surface area contributed by atoms with Crippen LogP contribution < -0.4 is 0 Å². The van der Waals surface area contributed by atoms with Crippen LogP contribution in [0.5, 0.6) is 0 Å². The topological polar surface area (TPSA) is 9.23 Å². The van der Waals surface area contributed by atoms with E-state index in [1.54, 1.807) is 0 Å². The van der Waals surface area contributed by atoms with E-state index in [4.69, 9.17) is 16.3 Å². The largest absolute Gasteiger partial charge is 0.375 e. The van der Waals surface area contributed by atoms with Crippen molar-refractivity contribution in [1.29, 1.82) is 0 Å². The van der Waals surface area contributed by atoms with E-state index in [1.165, 1.54) is 38.5 Å². The van der Waals surface area contributed by atoms with E-state index < -0.39 is 0 Å². The van der Waals surface area contributed by atoms with Gasteiger partial charge in [0.2, 0.25) is 0 Å². The third-order valence-corrected chi connectivity index (χ3v) is 5.30. The predicted molar refractivity (Wildman–Crippen MR) is 69.0 cm³/mol. The second-order valence-corrected chi connectivity index (χ2v) is 6.22. The molecule has 2 aliphatic carbocycles. The highest BCUT2D eigenvalue weighted by atomic mass is 35.5. The molecule has 0 bridgehead atoms. The van der Waals surface area contributed by atoms with Gasteiger partial charge in [0.1, 0.15) is 0 Å². The van der Waals surface area contributed by atoms with Gasteiger partial charge in [-0.15, -0.1) is 11.6 Å². The van der Waals surface area contributed by atoms with Crippen LogP contribution in [0.1, 0.15) is 65.2 Å². The summed E-state index contributed by atoms with van der Waals surface area (Å²) >= 11 is 6.50. The fourth-order valence-electron chi connectivity index (χ4n) is 3.29. The molecular formula is C14H25ClO. The smallest absolute Gasteiger partial charge is 0.0663 e. The van der Waals surface area contributed by atoms with Gasteiger partial charge >= 0.3 is 0 Å². The molecule has 3 unspecified atom stereocenters. The summed E-state index contributed by atoms with van der Waals surface area (Å²) in [5.41, 5.74) is 0.335. The van der Waals surface area contributed by atoms with E-state index in [0.29, 0.717) is 23.0 Å². The average molecular weight is 245 g/mol. The van der Waals surface area contributed by atoms with E-state index in [9.17, 15) is 0 Å². The predicted octanol–water partition coefficient (Wildman–Crippen LogP) is 4.52. The van der Waals surface area contributed by atoms with Gasteiger partial charge in [-0.1, -0.05) is 32.6 Å². The monoisotopic (exact) mass is 244 g/mol. The highest BCUT2D eigenvalue weighted by molar-refractivity contribution is 6.21.